The molecule has 0 saturated carbocycles. The van der Waals surface area contributed by atoms with Crippen molar-refractivity contribution in [2.45, 2.75) is 25.0 Å². The number of rotatable bonds is 3. The van der Waals surface area contributed by atoms with Crippen LogP contribution in [0.4, 0.5) is 0 Å². The average molecular weight is 442 g/mol. The minimum atomic E-state index is -1.67. The molecule has 0 aliphatic carbocycles. The van der Waals surface area contributed by atoms with Crippen LogP contribution in [0.25, 0.3) is 5.69 Å². The third-order valence-corrected chi connectivity index (χ3v) is 6.67. The van der Waals surface area contributed by atoms with Crippen molar-refractivity contribution >= 4 is 23.2 Å². The molecule has 3 heterocycles. The van der Waals surface area contributed by atoms with Crippen LogP contribution in [-0.4, -0.2) is 72.5 Å². The summed E-state index contributed by atoms with van der Waals surface area (Å²) in [6.45, 7) is 1.36. The van der Waals surface area contributed by atoms with Gasteiger partial charge in [-0.25, -0.2) is 4.68 Å². The molecule has 1 saturated heterocycles. The van der Waals surface area contributed by atoms with E-state index in [4.69, 9.17) is 5.73 Å². The van der Waals surface area contributed by atoms with E-state index in [0.717, 1.165) is 5.69 Å². The fourth-order valence-electron chi connectivity index (χ4n) is 3.89. The van der Waals surface area contributed by atoms with Crippen LogP contribution in [0, 0.1) is 11.8 Å². The van der Waals surface area contributed by atoms with Crippen LogP contribution in [0.3, 0.4) is 0 Å². The average Bonchev–Trinajstić information content (AvgIpc) is 3.26. The fraction of sp³-hybridized carbons (Fsp3) is 0.381. The highest BCUT2D eigenvalue weighted by Crippen LogP contribution is 2.27. The number of likely N-dealkylation sites (tertiary alicyclic amines) is 1. The Bertz CT molecular complexity index is 1120. The second-order valence-electron chi connectivity index (χ2n) is 7.72. The Hall–Kier alpha value is -2.84. The van der Waals surface area contributed by atoms with Gasteiger partial charge in [0.1, 0.15) is 6.26 Å². The van der Waals surface area contributed by atoms with Gasteiger partial charge in [0.25, 0.3) is 11.8 Å². The zero-order valence-corrected chi connectivity index (χ0v) is 18.1. The summed E-state index contributed by atoms with van der Waals surface area (Å²) in [5.41, 5.74) is 6.84. The summed E-state index contributed by atoms with van der Waals surface area (Å²) in [6.07, 6.45) is 2.42. The first kappa shape index (κ1) is 21.4. The number of hydrogen-bond acceptors (Lipinski definition) is 6. The van der Waals surface area contributed by atoms with Crippen LogP contribution in [0.1, 0.15) is 33.7 Å². The molecule has 2 aliphatic rings. The summed E-state index contributed by atoms with van der Waals surface area (Å²) >= 11 is -1.16. The van der Waals surface area contributed by atoms with E-state index >= 15 is 0 Å². The summed E-state index contributed by atoms with van der Waals surface area (Å²) in [5.74, 6) is 4.56. The Morgan fingerprint density at radius 1 is 1.39 bits per heavy atom. The van der Waals surface area contributed by atoms with Gasteiger partial charge in [0.05, 0.1) is 24.5 Å². The lowest BCUT2D eigenvalue weighted by atomic mass is 10.0. The van der Waals surface area contributed by atoms with E-state index in [1.54, 1.807) is 40.5 Å². The van der Waals surface area contributed by atoms with Gasteiger partial charge in [-0.15, -0.1) is 4.31 Å². The van der Waals surface area contributed by atoms with Gasteiger partial charge in [-0.2, -0.15) is 5.10 Å². The second kappa shape index (κ2) is 8.01. The van der Waals surface area contributed by atoms with Crippen LogP contribution in [0.5, 0.6) is 0 Å². The van der Waals surface area contributed by atoms with Crippen molar-refractivity contribution in [3.05, 3.63) is 46.8 Å². The maximum atomic E-state index is 12.1. The lowest BCUT2D eigenvalue weighted by Crippen LogP contribution is -2.37. The summed E-state index contributed by atoms with van der Waals surface area (Å²) in [4.78, 5) is 25.6. The van der Waals surface area contributed by atoms with Crippen molar-refractivity contribution < 1.29 is 19.2 Å². The molecule has 0 bridgehead atoms. The van der Waals surface area contributed by atoms with Crippen molar-refractivity contribution in [1.82, 2.24) is 19.0 Å². The molecule has 2 amide bonds. The topological polar surface area (TPSA) is 128 Å². The molecule has 9 nitrogen and oxygen atoms in total. The molecular weight excluding hydrogens is 418 g/mol. The van der Waals surface area contributed by atoms with Gasteiger partial charge >= 0.3 is 0 Å². The Labute approximate surface area is 183 Å². The monoisotopic (exact) mass is 441 g/mol. The Morgan fingerprint density at radius 3 is 2.81 bits per heavy atom. The molecule has 2 aromatic rings. The van der Waals surface area contributed by atoms with Gasteiger partial charge in [0.2, 0.25) is 5.60 Å². The standard InChI is InChI=1S/C21H23N5O4S/c1-24-11-9-21(29,20(24)28)8-6-14-4-3-5-15(12-14)26-17-7-10-25(31(2)30)13-16(17)18(23-26)19(22)27/h3-5,12,29H,7,9-11,13H2,1-2H3,(H2,22,27)/t21-,31?/m0/s1. The molecule has 3 N–H and O–H groups in total. The number of carbonyl (C=O) groups excluding carboxylic acids is 2. The number of likely N-dealkylation sites (N-methyl/N-ethyl adjacent to an activating group) is 1. The first-order valence-electron chi connectivity index (χ1n) is 9.80. The van der Waals surface area contributed by atoms with Gasteiger partial charge in [-0.1, -0.05) is 17.9 Å². The van der Waals surface area contributed by atoms with Crippen molar-refractivity contribution in [3.63, 3.8) is 0 Å². The highest BCUT2D eigenvalue weighted by Gasteiger charge is 2.42. The number of benzene rings is 1. The number of nitrogens with two attached hydrogens (primary N) is 1. The van der Waals surface area contributed by atoms with Crippen LogP contribution in [-0.2, 0) is 29.1 Å². The molecule has 0 spiro atoms. The van der Waals surface area contributed by atoms with E-state index in [-0.39, 0.29) is 12.1 Å². The second-order valence-corrected chi connectivity index (χ2v) is 9.09. The molecule has 0 radical (unpaired) electrons. The fourth-order valence-corrected chi connectivity index (χ4v) is 4.55. The summed E-state index contributed by atoms with van der Waals surface area (Å²) < 4.78 is 15.3. The zero-order valence-electron chi connectivity index (χ0n) is 17.3. The molecule has 2 aliphatic heterocycles. The predicted octanol–water partition coefficient (Wildman–Crippen LogP) is -0.432. The van der Waals surface area contributed by atoms with E-state index < -0.39 is 28.8 Å². The number of aromatic nitrogens is 2. The van der Waals surface area contributed by atoms with E-state index in [2.05, 4.69) is 16.9 Å². The summed E-state index contributed by atoms with van der Waals surface area (Å²) in [7, 11) is 1.63. The maximum Gasteiger partial charge on any atom is 0.269 e. The van der Waals surface area contributed by atoms with Crippen molar-refractivity contribution in [2.24, 2.45) is 5.73 Å². The van der Waals surface area contributed by atoms with Crippen LogP contribution >= 0.6 is 0 Å². The van der Waals surface area contributed by atoms with Crippen LogP contribution < -0.4 is 5.73 Å². The third kappa shape index (κ3) is 3.93. The quantitative estimate of drug-likeness (QED) is 0.491. The van der Waals surface area contributed by atoms with Crippen molar-refractivity contribution in [2.75, 3.05) is 26.4 Å². The number of aliphatic hydroxyl groups is 1. The van der Waals surface area contributed by atoms with E-state index in [1.807, 2.05) is 6.07 Å². The number of amides is 2. The molecule has 10 heteroatoms. The first-order chi connectivity index (χ1) is 14.7. The summed E-state index contributed by atoms with van der Waals surface area (Å²) in [6, 6.07) is 7.18. The van der Waals surface area contributed by atoms with Gasteiger partial charge in [-0.3, -0.25) is 9.59 Å². The zero-order chi connectivity index (χ0) is 22.3. The normalized spacial score (nSPS) is 22.1. The Kier molecular flexibility index (Phi) is 5.53. The van der Waals surface area contributed by atoms with E-state index in [0.29, 0.717) is 42.9 Å². The highest BCUT2D eigenvalue weighted by molar-refractivity contribution is 7.88. The van der Waals surface area contributed by atoms with Crippen molar-refractivity contribution in [3.8, 4) is 17.5 Å². The molecule has 1 fully saturated rings. The molecule has 1 aromatic heterocycles. The predicted molar refractivity (Wildman–Crippen MR) is 114 cm³/mol. The summed E-state index contributed by atoms with van der Waals surface area (Å²) in [5, 5.41) is 14.9. The number of carbonyl (C=O) groups is 2. The van der Waals surface area contributed by atoms with Gasteiger partial charge in [0.15, 0.2) is 5.69 Å². The SMILES string of the molecule is CN1CC[C@@](O)(C#Cc2cccc(-n3nc(C(N)=O)c4c3CCN([S+](C)[O-])C4)c2)C1=O. The number of primary amides is 1. The Balaban J connectivity index is 1.70. The van der Waals surface area contributed by atoms with E-state index in [9.17, 15) is 19.2 Å². The molecule has 31 heavy (non-hydrogen) atoms. The van der Waals surface area contributed by atoms with Gasteiger partial charge in [0, 0.05) is 48.9 Å². The first-order valence-corrected chi connectivity index (χ1v) is 11.3. The molecule has 162 valence electrons. The van der Waals surface area contributed by atoms with Gasteiger partial charge in [-0.05, 0) is 18.2 Å². The largest absolute Gasteiger partial charge is 0.598 e. The molecular formula is C21H23N5O4S. The molecule has 4 rings (SSSR count). The van der Waals surface area contributed by atoms with Crippen LogP contribution in [0.15, 0.2) is 24.3 Å². The molecule has 1 unspecified atom stereocenters. The Morgan fingerprint density at radius 2 is 2.16 bits per heavy atom. The number of nitrogens with zero attached hydrogens (tertiary/aromatic N) is 4. The number of fused-ring (bicyclic) bond motifs is 1. The van der Waals surface area contributed by atoms with Crippen molar-refractivity contribution in [1.29, 1.82) is 0 Å². The number of hydrogen-bond donors (Lipinski definition) is 2. The lowest BCUT2D eigenvalue weighted by Gasteiger charge is -2.26. The lowest BCUT2D eigenvalue weighted by molar-refractivity contribution is -0.137. The highest BCUT2D eigenvalue weighted by atomic mass is 32.2. The van der Waals surface area contributed by atoms with E-state index in [1.165, 1.54) is 4.90 Å². The molecule has 1 aromatic carbocycles. The minimum absolute atomic E-state index is 0.163. The third-order valence-electron chi connectivity index (χ3n) is 5.63. The van der Waals surface area contributed by atoms with Gasteiger partial charge < -0.3 is 20.3 Å². The minimum Gasteiger partial charge on any atom is -0.598 e. The molecule has 2 atom stereocenters. The smallest absolute Gasteiger partial charge is 0.269 e. The maximum absolute atomic E-state index is 12.1. The van der Waals surface area contributed by atoms with Crippen LogP contribution in [0.2, 0.25) is 0 Å².